The van der Waals surface area contributed by atoms with E-state index in [2.05, 4.69) is 15.3 Å². The number of nitrogens with two attached hydrogens (primary N) is 2. The van der Waals surface area contributed by atoms with Crippen LogP contribution >= 0.6 is 0 Å². The molecule has 0 unspecified atom stereocenters. The highest BCUT2D eigenvalue weighted by Crippen LogP contribution is 1.99. The number of aromatic nitrogens is 2. The summed E-state index contributed by atoms with van der Waals surface area (Å²) in [4.78, 5) is 18.1. The molecule has 0 saturated heterocycles. The first-order valence-corrected chi connectivity index (χ1v) is 4.37. The van der Waals surface area contributed by atoms with Crippen molar-refractivity contribution in [2.24, 2.45) is 5.73 Å². The van der Waals surface area contributed by atoms with Crippen molar-refractivity contribution in [3.8, 4) is 0 Å². The van der Waals surface area contributed by atoms with Crippen molar-refractivity contribution in [1.82, 2.24) is 9.97 Å². The van der Waals surface area contributed by atoms with Crippen LogP contribution in [0.3, 0.4) is 0 Å². The molecule has 0 fully saturated rings. The Kier molecular flexibility index (Phi) is 4.30. The molecular formula is C8H13N5O2. The highest BCUT2D eigenvalue weighted by Gasteiger charge is 1.96. The number of anilines is 2. The molecule has 1 aromatic rings. The van der Waals surface area contributed by atoms with E-state index in [0.717, 1.165) is 0 Å². The SMILES string of the molecule is NC(=O)COCCNc1nccc(N)n1. The summed E-state index contributed by atoms with van der Waals surface area (Å²) in [5, 5.41) is 2.88. The number of rotatable bonds is 6. The molecule has 0 spiro atoms. The van der Waals surface area contributed by atoms with Crippen LogP contribution in [0.2, 0.25) is 0 Å². The molecule has 0 aliphatic heterocycles. The van der Waals surface area contributed by atoms with E-state index in [1.54, 1.807) is 12.3 Å². The molecule has 15 heavy (non-hydrogen) atoms. The van der Waals surface area contributed by atoms with Gasteiger partial charge in [0, 0.05) is 12.7 Å². The Balaban J connectivity index is 2.17. The minimum absolute atomic E-state index is 0.0839. The fourth-order valence-corrected chi connectivity index (χ4v) is 0.866. The van der Waals surface area contributed by atoms with Crippen LogP contribution in [0.25, 0.3) is 0 Å². The van der Waals surface area contributed by atoms with E-state index in [1.165, 1.54) is 0 Å². The average Bonchev–Trinajstić information content (AvgIpc) is 2.17. The van der Waals surface area contributed by atoms with Gasteiger partial charge in [0.15, 0.2) is 0 Å². The van der Waals surface area contributed by atoms with Gasteiger partial charge in [-0.1, -0.05) is 0 Å². The lowest BCUT2D eigenvalue weighted by molar-refractivity contribution is -0.122. The highest BCUT2D eigenvalue weighted by atomic mass is 16.5. The van der Waals surface area contributed by atoms with Gasteiger partial charge in [-0.2, -0.15) is 4.98 Å². The van der Waals surface area contributed by atoms with E-state index in [9.17, 15) is 4.79 Å². The molecule has 0 aliphatic rings. The summed E-state index contributed by atoms with van der Waals surface area (Å²) in [5.74, 6) is 0.332. The van der Waals surface area contributed by atoms with Crippen LogP contribution in [0.4, 0.5) is 11.8 Å². The fourth-order valence-electron chi connectivity index (χ4n) is 0.866. The number of primary amides is 1. The molecule has 7 heteroatoms. The highest BCUT2D eigenvalue weighted by molar-refractivity contribution is 5.74. The second-order valence-corrected chi connectivity index (χ2v) is 2.75. The molecule has 7 nitrogen and oxygen atoms in total. The zero-order valence-corrected chi connectivity index (χ0v) is 8.14. The lowest BCUT2D eigenvalue weighted by Gasteiger charge is -2.04. The van der Waals surface area contributed by atoms with Crippen LogP contribution in [0, 0.1) is 0 Å². The van der Waals surface area contributed by atoms with Gasteiger partial charge in [0.2, 0.25) is 11.9 Å². The second-order valence-electron chi connectivity index (χ2n) is 2.75. The first kappa shape index (κ1) is 11.2. The molecule has 1 heterocycles. The largest absolute Gasteiger partial charge is 0.384 e. The van der Waals surface area contributed by atoms with Gasteiger partial charge in [-0.3, -0.25) is 4.79 Å². The van der Waals surface area contributed by atoms with Crippen molar-refractivity contribution in [1.29, 1.82) is 0 Å². The summed E-state index contributed by atoms with van der Waals surface area (Å²) in [6.45, 7) is 0.747. The first-order chi connectivity index (χ1) is 7.18. The van der Waals surface area contributed by atoms with Crippen molar-refractivity contribution in [2.75, 3.05) is 30.8 Å². The molecule has 0 bridgehead atoms. The Morgan fingerprint density at radius 2 is 2.40 bits per heavy atom. The third-order valence-corrected chi connectivity index (χ3v) is 1.45. The number of nitrogens with zero attached hydrogens (tertiary/aromatic N) is 2. The Labute approximate surface area is 86.8 Å². The lowest BCUT2D eigenvalue weighted by atomic mass is 10.6. The predicted octanol–water partition coefficient (Wildman–Crippen LogP) is -1.03. The zero-order chi connectivity index (χ0) is 11.1. The third-order valence-electron chi connectivity index (χ3n) is 1.45. The Hall–Kier alpha value is -1.89. The number of nitrogens with one attached hydrogen (secondary N) is 1. The molecule has 0 radical (unpaired) electrons. The van der Waals surface area contributed by atoms with E-state index in [4.69, 9.17) is 16.2 Å². The maximum atomic E-state index is 10.3. The number of hydrogen-bond donors (Lipinski definition) is 3. The lowest BCUT2D eigenvalue weighted by Crippen LogP contribution is -2.21. The number of hydrogen-bond acceptors (Lipinski definition) is 6. The van der Waals surface area contributed by atoms with Crippen molar-refractivity contribution < 1.29 is 9.53 Å². The van der Waals surface area contributed by atoms with E-state index >= 15 is 0 Å². The van der Waals surface area contributed by atoms with Gasteiger partial charge in [0.1, 0.15) is 12.4 Å². The van der Waals surface area contributed by atoms with Crippen LogP contribution in [-0.2, 0) is 9.53 Å². The third kappa shape index (κ3) is 4.77. The summed E-state index contributed by atoms with van der Waals surface area (Å²) in [6.07, 6.45) is 1.55. The van der Waals surface area contributed by atoms with Crippen LogP contribution in [-0.4, -0.2) is 35.6 Å². The summed E-state index contributed by atoms with van der Waals surface area (Å²) in [5.41, 5.74) is 10.3. The van der Waals surface area contributed by atoms with Crippen LogP contribution in [0.15, 0.2) is 12.3 Å². The Morgan fingerprint density at radius 1 is 1.60 bits per heavy atom. The number of ether oxygens (including phenoxy) is 1. The number of carbonyl (C=O) groups excluding carboxylic acids is 1. The summed E-state index contributed by atoms with van der Waals surface area (Å²) >= 11 is 0. The van der Waals surface area contributed by atoms with Gasteiger partial charge in [-0.25, -0.2) is 4.98 Å². The molecule has 5 N–H and O–H groups in total. The zero-order valence-electron chi connectivity index (χ0n) is 8.14. The number of amides is 1. The van der Waals surface area contributed by atoms with E-state index in [1.807, 2.05) is 0 Å². The summed E-state index contributed by atoms with van der Waals surface area (Å²) < 4.78 is 4.92. The van der Waals surface area contributed by atoms with Gasteiger partial charge in [-0.15, -0.1) is 0 Å². The van der Waals surface area contributed by atoms with Crippen LogP contribution in [0.5, 0.6) is 0 Å². The first-order valence-electron chi connectivity index (χ1n) is 4.37. The maximum absolute atomic E-state index is 10.3. The minimum atomic E-state index is -0.491. The smallest absolute Gasteiger partial charge is 0.243 e. The van der Waals surface area contributed by atoms with Gasteiger partial charge >= 0.3 is 0 Å². The quantitative estimate of drug-likeness (QED) is 0.518. The molecule has 0 atom stereocenters. The normalized spacial score (nSPS) is 9.87. The van der Waals surface area contributed by atoms with Crippen LogP contribution in [0.1, 0.15) is 0 Å². The van der Waals surface area contributed by atoms with Crippen molar-refractivity contribution in [3.05, 3.63) is 12.3 Å². The number of nitrogen functional groups attached to an aromatic ring is 1. The topological polar surface area (TPSA) is 116 Å². The summed E-state index contributed by atoms with van der Waals surface area (Å²) in [7, 11) is 0. The summed E-state index contributed by atoms with van der Waals surface area (Å²) in [6, 6.07) is 1.59. The second kappa shape index (κ2) is 5.76. The molecular weight excluding hydrogens is 198 g/mol. The monoisotopic (exact) mass is 211 g/mol. The minimum Gasteiger partial charge on any atom is -0.384 e. The molecule has 1 aromatic heterocycles. The van der Waals surface area contributed by atoms with Gasteiger partial charge < -0.3 is 21.5 Å². The maximum Gasteiger partial charge on any atom is 0.243 e. The van der Waals surface area contributed by atoms with E-state index < -0.39 is 5.91 Å². The van der Waals surface area contributed by atoms with Crippen LogP contribution < -0.4 is 16.8 Å². The molecule has 0 saturated carbocycles. The molecule has 1 rings (SSSR count). The Bertz CT molecular complexity index is 331. The fraction of sp³-hybridized carbons (Fsp3) is 0.375. The predicted molar refractivity (Wildman–Crippen MR) is 54.9 cm³/mol. The standard InChI is InChI=1S/C8H13N5O2/c9-6-1-2-11-8(13-6)12-3-4-15-5-7(10)14/h1-2H,3-5H2,(H2,10,14)(H3,9,11,12,13). The van der Waals surface area contributed by atoms with Crippen molar-refractivity contribution >= 4 is 17.7 Å². The average molecular weight is 211 g/mol. The van der Waals surface area contributed by atoms with Crippen molar-refractivity contribution in [2.45, 2.75) is 0 Å². The molecule has 0 aromatic carbocycles. The Morgan fingerprint density at radius 3 is 3.07 bits per heavy atom. The molecule has 0 aliphatic carbocycles. The van der Waals surface area contributed by atoms with Gasteiger partial charge in [0.05, 0.1) is 6.61 Å². The number of carbonyl (C=O) groups is 1. The van der Waals surface area contributed by atoms with E-state index in [-0.39, 0.29) is 6.61 Å². The molecule has 1 amide bonds. The van der Waals surface area contributed by atoms with E-state index in [0.29, 0.717) is 24.9 Å². The van der Waals surface area contributed by atoms with Crippen molar-refractivity contribution in [3.63, 3.8) is 0 Å². The molecule has 82 valence electrons. The van der Waals surface area contributed by atoms with Gasteiger partial charge in [0.25, 0.3) is 0 Å². The van der Waals surface area contributed by atoms with Gasteiger partial charge in [-0.05, 0) is 6.07 Å².